The predicted molar refractivity (Wildman–Crippen MR) is 156 cm³/mol. The van der Waals surface area contributed by atoms with Gasteiger partial charge in [-0.25, -0.2) is 4.79 Å². The Kier molecular flexibility index (Phi) is 8.91. The quantitative estimate of drug-likeness (QED) is 0.333. The van der Waals surface area contributed by atoms with E-state index in [1.54, 1.807) is 23.1 Å². The lowest BCUT2D eigenvalue weighted by molar-refractivity contribution is -0.143. The van der Waals surface area contributed by atoms with Crippen LogP contribution in [0.25, 0.3) is 11.0 Å². The Morgan fingerprint density at radius 1 is 1.05 bits per heavy atom. The summed E-state index contributed by atoms with van der Waals surface area (Å²) in [6.07, 6.45) is 4.79. The molecule has 2 fully saturated rings. The summed E-state index contributed by atoms with van der Waals surface area (Å²) >= 11 is 0. The zero-order valence-corrected chi connectivity index (χ0v) is 23.8. The van der Waals surface area contributed by atoms with Gasteiger partial charge in [-0.3, -0.25) is 14.4 Å². The first-order valence-corrected chi connectivity index (χ1v) is 14.5. The van der Waals surface area contributed by atoms with Crippen molar-refractivity contribution in [1.82, 2.24) is 15.5 Å². The molecule has 2 heterocycles. The molecule has 0 unspecified atom stereocenters. The number of nitrogens with zero attached hydrogens (tertiary/aromatic N) is 1. The van der Waals surface area contributed by atoms with Crippen LogP contribution in [0.1, 0.15) is 48.8 Å². The average molecular weight is 576 g/mol. The first-order chi connectivity index (χ1) is 20.2. The molecule has 2 atom stereocenters. The molecule has 1 saturated carbocycles. The summed E-state index contributed by atoms with van der Waals surface area (Å²) in [5, 5.41) is 16.6. The fourth-order valence-electron chi connectivity index (χ4n) is 5.99. The highest BCUT2D eigenvalue weighted by molar-refractivity contribution is 5.88. The van der Waals surface area contributed by atoms with E-state index in [1.165, 1.54) is 0 Å². The summed E-state index contributed by atoms with van der Waals surface area (Å²) in [5.41, 5.74) is 1.70. The lowest BCUT2D eigenvalue weighted by Gasteiger charge is -2.47. The van der Waals surface area contributed by atoms with Crippen LogP contribution in [0, 0.1) is 12.8 Å². The van der Waals surface area contributed by atoms with Gasteiger partial charge in [-0.15, -0.1) is 0 Å². The molecule has 222 valence electrons. The predicted octanol–water partition coefficient (Wildman–Crippen LogP) is 2.46. The minimum absolute atomic E-state index is 0.0821. The van der Waals surface area contributed by atoms with Crippen molar-refractivity contribution in [3.63, 3.8) is 0 Å². The maximum atomic E-state index is 12.7. The van der Waals surface area contributed by atoms with Gasteiger partial charge in [0.05, 0.1) is 18.7 Å². The monoisotopic (exact) mass is 575 g/mol. The lowest BCUT2D eigenvalue weighted by atomic mass is 9.71. The van der Waals surface area contributed by atoms with E-state index in [0.717, 1.165) is 42.2 Å². The fourth-order valence-corrected chi connectivity index (χ4v) is 5.99. The van der Waals surface area contributed by atoms with E-state index in [2.05, 4.69) is 10.6 Å². The second-order valence-corrected chi connectivity index (χ2v) is 11.3. The number of aliphatic hydroxyl groups is 1. The zero-order valence-electron chi connectivity index (χ0n) is 23.8. The number of hydrogen-bond donors (Lipinski definition) is 3. The van der Waals surface area contributed by atoms with Gasteiger partial charge in [0, 0.05) is 42.4 Å². The molecular weight excluding hydrogens is 538 g/mol. The van der Waals surface area contributed by atoms with Crippen LogP contribution in [-0.4, -0.2) is 66.1 Å². The van der Waals surface area contributed by atoms with Crippen molar-refractivity contribution >= 4 is 28.7 Å². The van der Waals surface area contributed by atoms with Crippen LogP contribution < -0.4 is 21.0 Å². The summed E-state index contributed by atoms with van der Waals surface area (Å²) in [6, 6.07) is 14.7. The number of fused-ring (bicyclic) bond motifs is 2. The summed E-state index contributed by atoms with van der Waals surface area (Å²) in [5.74, 6) is -0.774. The SMILES string of the molecule is Cc1c(Cc2ccccc2)c(=O)oc2cc(OCC(=O)NCC(=O)NCC(=O)N3CC[C@@]4(O)CCCC[C@@H]4C3)ccc12. The number of benzene rings is 2. The second kappa shape index (κ2) is 12.8. The first-order valence-electron chi connectivity index (χ1n) is 14.5. The maximum Gasteiger partial charge on any atom is 0.340 e. The molecule has 2 aromatic carbocycles. The molecule has 3 amide bonds. The number of ether oxygens (including phenoxy) is 1. The van der Waals surface area contributed by atoms with Gasteiger partial charge >= 0.3 is 5.63 Å². The number of hydrogen-bond acceptors (Lipinski definition) is 7. The molecule has 0 radical (unpaired) electrons. The summed E-state index contributed by atoms with van der Waals surface area (Å²) in [7, 11) is 0. The molecule has 0 spiro atoms. The summed E-state index contributed by atoms with van der Waals surface area (Å²) in [6.45, 7) is 2.06. The lowest BCUT2D eigenvalue weighted by Crippen LogP contribution is -2.56. The number of likely N-dealkylation sites (tertiary alicyclic amines) is 1. The Bertz CT molecular complexity index is 1520. The van der Waals surface area contributed by atoms with Gasteiger partial charge in [0.25, 0.3) is 5.91 Å². The standard InChI is InChI=1S/C32H37N3O7/c1-21-25-11-10-24(16-27(25)42-31(39)26(21)15-22-7-3-2-4-8-22)41-20-29(37)33-17-28(36)34-18-30(38)35-14-13-32(40)12-6-5-9-23(32)19-35/h2-4,7-8,10-11,16,23,40H,5-6,9,12-15,17-20H2,1H3,(H,33,37)(H,34,36)/t23-,32+/m1/s1. The molecule has 2 aliphatic rings. The molecule has 1 saturated heterocycles. The third-order valence-electron chi connectivity index (χ3n) is 8.52. The highest BCUT2D eigenvalue weighted by Gasteiger charge is 2.43. The van der Waals surface area contributed by atoms with Gasteiger partial charge in [0.2, 0.25) is 11.8 Å². The molecule has 1 aliphatic heterocycles. The average Bonchev–Trinajstić information content (AvgIpc) is 2.99. The van der Waals surface area contributed by atoms with Gasteiger partial charge in [0.15, 0.2) is 6.61 Å². The molecule has 3 aromatic rings. The van der Waals surface area contributed by atoms with Crippen molar-refractivity contribution < 1.29 is 28.6 Å². The number of rotatable bonds is 9. The van der Waals surface area contributed by atoms with Crippen molar-refractivity contribution in [2.75, 3.05) is 32.8 Å². The maximum absolute atomic E-state index is 12.7. The van der Waals surface area contributed by atoms with Gasteiger partial charge in [-0.2, -0.15) is 0 Å². The number of piperidine rings is 1. The normalized spacial score (nSPS) is 20.0. The van der Waals surface area contributed by atoms with Crippen molar-refractivity contribution in [2.24, 2.45) is 5.92 Å². The number of amides is 3. The van der Waals surface area contributed by atoms with E-state index in [9.17, 15) is 24.3 Å². The van der Waals surface area contributed by atoms with Crippen LogP contribution >= 0.6 is 0 Å². The van der Waals surface area contributed by atoms with Crippen LogP contribution in [0.4, 0.5) is 0 Å². The van der Waals surface area contributed by atoms with Crippen LogP contribution in [0.5, 0.6) is 5.75 Å². The smallest absolute Gasteiger partial charge is 0.340 e. The van der Waals surface area contributed by atoms with Gasteiger partial charge in [-0.1, -0.05) is 43.2 Å². The van der Waals surface area contributed by atoms with Crippen molar-refractivity contribution in [1.29, 1.82) is 0 Å². The first kappa shape index (κ1) is 29.3. The molecule has 1 aliphatic carbocycles. The number of carbonyl (C=O) groups excluding carboxylic acids is 3. The molecule has 5 rings (SSSR count). The number of aryl methyl sites for hydroxylation is 1. The van der Waals surface area contributed by atoms with E-state index in [-0.39, 0.29) is 31.5 Å². The third kappa shape index (κ3) is 6.82. The van der Waals surface area contributed by atoms with E-state index in [4.69, 9.17) is 9.15 Å². The molecule has 10 heteroatoms. The van der Waals surface area contributed by atoms with Crippen molar-refractivity contribution in [3.8, 4) is 5.75 Å². The van der Waals surface area contributed by atoms with E-state index in [1.807, 2.05) is 37.3 Å². The van der Waals surface area contributed by atoms with Crippen LogP contribution in [0.3, 0.4) is 0 Å². The minimum Gasteiger partial charge on any atom is -0.484 e. The second-order valence-electron chi connectivity index (χ2n) is 11.3. The van der Waals surface area contributed by atoms with E-state index in [0.29, 0.717) is 42.8 Å². The number of nitrogens with one attached hydrogen (secondary N) is 2. The Morgan fingerprint density at radius 3 is 2.64 bits per heavy atom. The summed E-state index contributed by atoms with van der Waals surface area (Å²) < 4.78 is 11.1. The highest BCUT2D eigenvalue weighted by Crippen LogP contribution is 2.39. The topological polar surface area (TPSA) is 138 Å². The summed E-state index contributed by atoms with van der Waals surface area (Å²) in [4.78, 5) is 51.5. The van der Waals surface area contributed by atoms with Crippen LogP contribution in [0.15, 0.2) is 57.7 Å². The molecule has 0 bridgehead atoms. The van der Waals surface area contributed by atoms with Gasteiger partial charge < -0.3 is 29.8 Å². The molecular formula is C32H37N3O7. The Labute approximate surface area is 244 Å². The molecule has 10 nitrogen and oxygen atoms in total. The van der Waals surface area contributed by atoms with Gasteiger partial charge in [0.1, 0.15) is 11.3 Å². The largest absolute Gasteiger partial charge is 0.484 e. The van der Waals surface area contributed by atoms with Crippen LogP contribution in [-0.2, 0) is 20.8 Å². The van der Waals surface area contributed by atoms with E-state index >= 15 is 0 Å². The Balaban J connectivity index is 1.06. The van der Waals surface area contributed by atoms with Crippen LogP contribution in [0.2, 0.25) is 0 Å². The van der Waals surface area contributed by atoms with Crippen molar-refractivity contribution in [3.05, 3.63) is 75.6 Å². The Hall–Kier alpha value is -4.18. The van der Waals surface area contributed by atoms with Crippen molar-refractivity contribution in [2.45, 2.75) is 51.0 Å². The van der Waals surface area contributed by atoms with Gasteiger partial charge in [-0.05, 0) is 49.4 Å². The number of carbonyl (C=O) groups is 3. The molecule has 1 aromatic heterocycles. The highest BCUT2D eigenvalue weighted by atomic mass is 16.5. The van der Waals surface area contributed by atoms with E-state index < -0.39 is 23.0 Å². The molecule has 3 N–H and O–H groups in total. The molecule has 42 heavy (non-hydrogen) atoms. The minimum atomic E-state index is -0.670. The Morgan fingerprint density at radius 2 is 1.83 bits per heavy atom. The fraction of sp³-hybridized carbons (Fsp3) is 0.438. The zero-order chi connectivity index (χ0) is 29.7. The third-order valence-corrected chi connectivity index (χ3v) is 8.52.